The van der Waals surface area contributed by atoms with Crippen molar-refractivity contribution >= 4 is 23.2 Å². The van der Waals surface area contributed by atoms with E-state index in [1.165, 1.54) is 37.7 Å². The predicted molar refractivity (Wildman–Crippen MR) is 88.7 cm³/mol. The average Bonchev–Trinajstić information content (AvgIpc) is 2.48. The zero-order valence-electron chi connectivity index (χ0n) is 12.5. The number of hydrogen-bond acceptors (Lipinski definition) is 1. The van der Waals surface area contributed by atoms with Crippen molar-refractivity contribution in [3.8, 4) is 0 Å². The highest BCUT2D eigenvalue weighted by Crippen LogP contribution is 2.30. The maximum Gasteiger partial charge on any atom is 0.0595 e. The minimum absolute atomic E-state index is 0.382. The molecule has 0 aromatic heterocycles. The van der Waals surface area contributed by atoms with Gasteiger partial charge >= 0.3 is 0 Å². The standard InChI is InChI=1S/C17H25Cl2N/c1-3-12-5-8-14(9-6-12)20-17(4-2)13-7-10-15(18)16(19)11-13/h7,10-12,14,17,20H,3-6,8-9H2,1-2H3. The number of nitrogens with one attached hydrogen (secondary N) is 1. The minimum atomic E-state index is 0.382. The molecule has 0 heterocycles. The van der Waals surface area contributed by atoms with Crippen LogP contribution in [0, 0.1) is 5.92 Å². The molecule has 1 saturated carbocycles. The lowest BCUT2D eigenvalue weighted by molar-refractivity contribution is 0.267. The molecule has 2 rings (SSSR count). The van der Waals surface area contributed by atoms with Gasteiger partial charge in [-0.1, -0.05) is 49.5 Å². The summed E-state index contributed by atoms with van der Waals surface area (Å²) in [5.41, 5.74) is 1.25. The molecule has 112 valence electrons. The highest BCUT2D eigenvalue weighted by Gasteiger charge is 2.22. The summed E-state index contributed by atoms with van der Waals surface area (Å²) in [7, 11) is 0. The lowest BCUT2D eigenvalue weighted by atomic mass is 9.84. The van der Waals surface area contributed by atoms with E-state index >= 15 is 0 Å². The van der Waals surface area contributed by atoms with Gasteiger partial charge in [-0.3, -0.25) is 0 Å². The molecule has 3 heteroatoms. The molecule has 1 N–H and O–H groups in total. The molecule has 20 heavy (non-hydrogen) atoms. The molecule has 0 aliphatic heterocycles. The third-order valence-corrected chi connectivity index (χ3v) is 5.35. The first-order chi connectivity index (χ1) is 9.63. The highest BCUT2D eigenvalue weighted by molar-refractivity contribution is 6.42. The number of hydrogen-bond donors (Lipinski definition) is 1. The van der Waals surface area contributed by atoms with Crippen molar-refractivity contribution in [2.75, 3.05) is 0 Å². The van der Waals surface area contributed by atoms with Crippen LogP contribution < -0.4 is 5.32 Å². The van der Waals surface area contributed by atoms with Gasteiger partial charge in [0.05, 0.1) is 10.0 Å². The summed E-state index contributed by atoms with van der Waals surface area (Å²) < 4.78 is 0. The quantitative estimate of drug-likeness (QED) is 0.702. The largest absolute Gasteiger partial charge is 0.307 e. The van der Waals surface area contributed by atoms with Crippen molar-refractivity contribution in [1.29, 1.82) is 0 Å². The number of benzene rings is 1. The number of halogens is 2. The Morgan fingerprint density at radius 2 is 1.80 bits per heavy atom. The zero-order chi connectivity index (χ0) is 14.5. The highest BCUT2D eigenvalue weighted by atomic mass is 35.5. The van der Waals surface area contributed by atoms with Gasteiger partial charge in [-0.25, -0.2) is 0 Å². The molecule has 1 fully saturated rings. The zero-order valence-corrected chi connectivity index (χ0v) is 14.0. The second kappa shape index (κ2) is 7.68. The summed E-state index contributed by atoms with van der Waals surface area (Å²) in [6, 6.07) is 7.03. The Morgan fingerprint density at radius 1 is 1.10 bits per heavy atom. The molecular formula is C17H25Cl2N. The van der Waals surface area contributed by atoms with Crippen molar-refractivity contribution in [3.05, 3.63) is 33.8 Å². The van der Waals surface area contributed by atoms with Gasteiger partial charge in [-0.05, 0) is 55.7 Å². The van der Waals surface area contributed by atoms with Crippen molar-refractivity contribution < 1.29 is 0 Å². The molecule has 1 atom stereocenters. The predicted octanol–water partition coefficient (Wildman–Crippen LogP) is 6.00. The van der Waals surface area contributed by atoms with E-state index in [-0.39, 0.29) is 0 Å². The molecule has 0 radical (unpaired) electrons. The van der Waals surface area contributed by atoms with Gasteiger partial charge in [0, 0.05) is 12.1 Å². The third-order valence-electron chi connectivity index (χ3n) is 4.62. The van der Waals surface area contributed by atoms with Gasteiger partial charge in [0.1, 0.15) is 0 Å². The molecule has 1 aliphatic carbocycles. The molecule has 1 nitrogen and oxygen atoms in total. The Morgan fingerprint density at radius 3 is 2.35 bits per heavy atom. The normalized spacial score (nSPS) is 24.6. The Kier molecular flexibility index (Phi) is 6.20. The van der Waals surface area contributed by atoms with Crippen molar-refractivity contribution in [2.45, 2.75) is 64.5 Å². The summed E-state index contributed by atoms with van der Waals surface area (Å²) in [5.74, 6) is 0.943. The maximum absolute atomic E-state index is 6.14. The fraction of sp³-hybridized carbons (Fsp3) is 0.647. The Balaban J connectivity index is 1.97. The van der Waals surface area contributed by atoms with Crippen LogP contribution in [0.15, 0.2) is 18.2 Å². The molecule has 1 aromatic rings. The molecule has 1 aromatic carbocycles. The first kappa shape index (κ1) is 16.1. The molecule has 1 aliphatic rings. The van der Waals surface area contributed by atoms with Crippen LogP contribution in [0.3, 0.4) is 0 Å². The van der Waals surface area contributed by atoms with E-state index in [0.717, 1.165) is 12.3 Å². The molecule has 0 bridgehead atoms. The summed E-state index contributed by atoms with van der Waals surface area (Å²) in [4.78, 5) is 0. The summed E-state index contributed by atoms with van der Waals surface area (Å²) >= 11 is 12.1. The topological polar surface area (TPSA) is 12.0 Å². The van der Waals surface area contributed by atoms with Crippen LogP contribution in [0.4, 0.5) is 0 Å². The molecule has 0 spiro atoms. The fourth-order valence-corrected chi connectivity index (χ4v) is 3.51. The van der Waals surface area contributed by atoms with Gasteiger partial charge in [0.2, 0.25) is 0 Å². The van der Waals surface area contributed by atoms with Crippen LogP contribution >= 0.6 is 23.2 Å². The maximum atomic E-state index is 6.14. The van der Waals surface area contributed by atoms with E-state index < -0.39 is 0 Å². The smallest absolute Gasteiger partial charge is 0.0595 e. The second-order valence-electron chi connectivity index (χ2n) is 5.93. The van der Waals surface area contributed by atoms with E-state index in [2.05, 4.69) is 25.2 Å². The van der Waals surface area contributed by atoms with E-state index in [1.54, 1.807) is 0 Å². The minimum Gasteiger partial charge on any atom is -0.307 e. The van der Waals surface area contributed by atoms with E-state index in [9.17, 15) is 0 Å². The van der Waals surface area contributed by atoms with Crippen LogP contribution in [-0.4, -0.2) is 6.04 Å². The first-order valence-corrected chi connectivity index (χ1v) is 8.60. The van der Waals surface area contributed by atoms with Crippen LogP contribution in [-0.2, 0) is 0 Å². The van der Waals surface area contributed by atoms with E-state index in [1.807, 2.05) is 12.1 Å². The molecule has 0 saturated heterocycles. The molecule has 0 amide bonds. The van der Waals surface area contributed by atoms with Gasteiger partial charge in [-0.15, -0.1) is 0 Å². The van der Waals surface area contributed by atoms with E-state index in [4.69, 9.17) is 23.2 Å². The van der Waals surface area contributed by atoms with Gasteiger partial charge < -0.3 is 5.32 Å². The number of rotatable bonds is 5. The van der Waals surface area contributed by atoms with Crippen LogP contribution in [0.2, 0.25) is 10.0 Å². The van der Waals surface area contributed by atoms with Gasteiger partial charge in [-0.2, -0.15) is 0 Å². The summed E-state index contributed by atoms with van der Waals surface area (Å²) in [5, 5.41) is 5.10. The van der Waals surface area contributed by atoms with E-state index in [0.29, 0.717) is 22.1 Å². The first-order valence-electron chi connectivity index (χ1n) is 7.85. The van der Waals surface area contributed by atoms with Crippen molar-refractivity contribution in [3.63, 3.8) is 0 Å². The van der Waals surface area contributed by atoms with Crippen LogP contribution in [0.25, 0.3) is 0 Å². The van der Waals surface area contributed by atoms with Gasteiger partial charge in [0.15, 0.2) is 0 Å². The molecular weight excluding hydrogens is 289 g/mol. The second-order valence-corrected chi connectivity index (χ2v) is 6.74. The third kappa shape index (κ3) is 4.13. The van der Waals surface area contributed by atoms with Crippen molar-refractivity contribution in [1.82, 2.24) is 5.32 Å². The Hall–Kier alpha value is -0.240. The monoisotopic (exact) mass is 313 g/mol. The summed E-state index contributed by atoms with van der Waals surface area (Å²) in [6.45, 7) is 4.53. The molecule has 1 unspecified atom stereocenters. The summed E-state index contributed by atoms with van der Waals surface area (Å²) in [6.07, 6.45) is 7.74. The lowest BCUT2D eigenvalue weighted by Gasteiger charge is -2.32. The Labute approximate surface area is 133 Å². The SMILES string of the molecule is CCC1CCC(NC(CC)c2ccc(Cl)c(Cl)c2)CC1. The van der Waals surface area contributed by atoms with Gasteiger partial charge in [0.25, 0.3) is 0 Å². The van der Waals surface area contributed by atoms with Crippen LogP contribution in [0.1, 0.15) is 64.0 Å². The Bertz CT molecular complexity index is 425. The fourth-order valence-electron chi connectivity index (χ4n) is 3.20. The van der Waals surface area contributed by atoms with Crippen molar-refractivity contribution in [2.24, 2.45) is 5.92 Å². The van der Waals surface area contributed by atoms with Crippen LogP contribution in [0.5, 0.6) is 0 Å². The lowest BCUT2D eigenvalue weighted by Crippen LogP contribution is -2.35. The average molecular weight is 314 g/mol.